The summed E-state index contributed by atoms with van der Waals surface area (Å²) in [6.07, 6.45) is 0. The first-order valence-electron chi connectivity index (χ1n) is 3.27. The smallest absolute Gasteiger partial charge is 0.142 e. The van der Waals surface area contributed by atoms with Gasteiger partial charge in [0.15, 0.2) is 0 Å². The van der Waals surface area contributed by atoms with Gasteiger partial charge < -0.3 is 0 Å². The first-order valence-corrected chi connectivity index (χ1v) is 4.15. The Morgan fingerprint density at radius 1 is 1.45 bits per heavy atom. The minimum absolute atomic E-state index is 0.173. The Morgan fingerprint density at radius 2 is 2.27 bits per heavy atom. The van der Waals surface area contributed by atoms with Crippen LogP contribution in [0.25, 0.3) is 10.2 Å². The summed E-state index contributed by atoms with van der Waals surface area (Å²) in [6, 6.07) is 3.23. The van der Waals surface area contributed by atoms with E-state index in [0.29, 0.717) is 4.70 Å². The van der Waals surface area contributed by atoms with Crippen molar-refractivity contribution in [2.45, 2.75) is 6.92 Å². The molecule has 0 aliphatic rings. The van der Waals surface area contributed by atoms with E-state index in [0.717, 1.165) is 11.1 Å². The van der Waals surface area contributed by atoms with E-state index in [2.05, 4.69) is 4.98 Å². The second-order valence-corrected chi connectivity index (χ2v) is 3.25. The third-order valence-corrected chi connectivity index (χ3v) is 2.47. The van der Waals surface area contributed by atoms with Crippen molar-refractivity contribution < 1.29 is 4.39 Å². The number of hydrogen-bond donors (Lipinski definition) is 0. The van der Waals surface area contributed by atoms with Crippen LogP contribution in [0.15, 0.2) is 17.6 Å². The predicted molar refractivity (Wildman–Crippen MR) is 44.3 cm³/mol. The molecule has 56 valence electrons. The second kappa shape index (κ2) is 2.27. The molecule has 0 unspecified atom stereocenters. The second-order valence-electron chi connectivity index (χ2n) is 2.39. The molecule has 0 fully saturated rings. The van der Waals surface area contributed by atoms with Crippen LogP contribution in [0.2, 0.25) is 0 Å². The molecule has 1 aromatic heterocycles. The van der Waals surface area contributed by atoms with Gasteiger partial charge in [0, 0.05) is 0 Å². The first kappa shape index (κ1) is 6.73. The van der Waals surface area contributed by atoms with E-state index in [9.17, 15) is 4.39 Å². The number of nitrogens with zero attached hydrogens (tertiary/aromatic N) is 1. The van der Waals surface area contributed by atoms with E-state index >= 15 is 0 Å². The summed E-state index contributed by atoms with van der Waals surface area (Å²) in [6.45, 7) is 1.93. The normalized spacial score (nSPS) is 10.7. The molecule has 1 nitrogen and oxygen atoms in total. The standard InChI is InChI=1S/C8H6FNS/c1-5-2-3-6(9)8-7(5)10-4-11-8/h2-4H,1H3. The van der Waals surface area contributed by atoms with Crippen LogP contribution in [-0.4, -0.2) is 4.98 Å². The van der Waals surface area contributed by atoms with E-state index in [-0.39, 0.29) is 5.82 Å². The van der Waals surface area contributed by atoms with Gasteiger partial charge in [-0.15, -0.1) is 11.3 Å². The number of aromatic nitrogens is 1. The lowest BCUT2D eigenvalue weighted by Gasteiger charge is -1.93. The average Bonchev–Trinajstić information content (AvgIpc) is 2.45. The van der Waals surface area contributed by atoms with Crippen molar-refractivity contribution in [3.63, 3.8) is 0 Å². The molecule has 0 amide bonds. The molecule has 0 saturated heterocycles. The van der Waals surface area contributed by atoms with Crippen LogP contribution >= 0.6 is 11.3 Å². The van der Waals surface area contributed by atoms with Gasteiger partial charge in [0.2, 0.25) is 0 Å². The van der Waals surface area contributed by atoms with Crippen molar-refractivity contribution in [3.05, 3.63) is 29.0 Å². The Kier molecular flexibility index (Phi) is 1.39. The Balaban J connectivity index is 2.96. The molecule has 0 N–H and O–H groups in total. The summed E-state index contributed by atoms with van der Waals surface area (Å²) in [5, 5.41) is 0. The van der Waals surface area contributed by atoms with Gasteiger partial charge in [0.05, 0.1) is 15.7 Å². The molecule has 0 saturated carbocycles. The first-order chi connectivity index (χ1) is 5.29. The fraction of sp³-hybridized carbons (Fsp3) is 0.125. The number of aryl methyl sites for hydroxylation is 1. The Labute approximate surface area is 67.5 Å². The molecule has 0 spiro atoms. The molecule has 2 aromatic rings. The lowest BCUT2D eigenvalue weighted by atomic mass is 10.2. The summed E-state index contributed by atoms with van der Waals surface area (Å²) in [7, 11) is 0. The number of hydrogen-bond acceptors (Lipinski definition) is 2. The van der Waals surface area contributed by atoms with Gasteiger partial charge in [-0.05, 0) is 18.6 Å². The molecule has 11 heavy (non-hydrogen) atoms. The Bertz CT molecular complexity index is 358. The number of halogens is 1. The molecule has 0 aliphatic carbocycles. The monoisotopic (exact) mass is 167 g/mol. The molecule has 0 bridgehead atoms. The zero-order chi connectivity index (χ0) is 7.84. The lowest BCUT2D eigenvalue weighted by molar-refractivity contribution is 0.641. The van der Waals surface area contributed by atoms with Crippen molar-refractivity contribution >= 4 is 21.6 Å². The van der Waals surface area contributed by atoms with E-state index in [1.807, 2.05) is 6.92 Å². The quantitative estimate of drug-likeness (QED) is 0.588. The molecule has 0 atom stereocenters. The fourth-order valence-corrected chi connectivity index (χ4v) is 1.82. The maximum Gasteiger partial charge on any atom is 0.142 e. The van der Waals surface area contributed by atoms with E-state index in [1.54, 1.807) is 11.6 Å². The molecule has 2 rings (SSSR count). The van der Waals surface area contributed by atoms with E-state index in [1.165, 1.54) is 17.4 Å². The van der Waals surface area contributed by atoms with Gasteiger partial charge in [0.1, 0.15) is 5.82 Å². The lowest BCUT2D eigenvalue weighted by Crippen LogP contribution is -1.78. The van der Waals surface area contributed by atoms with Gasteiger partial charge in [-0.2, -0.15) is 0 Å². The number of fused-ring (bicyclic) bond motifs is 1. The van der Waals surface area contributed by atoms with Crippen molar-refractivity contribution in [2.24, 2.45) is 0 Å². The van der Waals surface area contributed by atoms with Crippen LogP contribution in [-0.2, 0) is 0 Å². The highest BCUT2D eigenvalue weighted by atomic mass is 32.1. The van der Waals surface area contributed by atoms with Crippen molar-refractivity contribution in [1.29, 1.82) is 0 Å². The summed E-state index contributed by atoms with van der Waals surface area (Å²) in [5.74, 6) is -0.173. The van der Waals surface area contributed by atoms with Gasteiger partial charge in [-0.1, -0.05) is 6.07 Å². The number of rotatable bonds is 0. The Hall–Kier alpha value is -0.960. The molecule has 3 heteroatoms. The zero-order valence-electron chi connectivity index (χ0n) is 5.97. The highest BCUT2D eigenvalue weighted by Crippen LogP contribution is 2.23. The van der Waals surface area contributed by atoms with Gasteiger partial charge in [-0.25, -0.2) is 9.37 Å². The van der Waals surface area contributed by atoms with E-state index < -0.39 is 0 Å². The van der Waals surface area contributed by atoms with Gasteiger partial charge in [-0.3, -0.25) is 0 Å². The van der Waals surface area contributed by atoms with Crippen LogP contribution < -0.4 is 0 Å². The number of benzene rings is 1. The summed E-state index contributed by atoms with van der Waals surface area (Å²) in [4.78, 5) is 4.06. The largest absolute Gasteiger partial charge is 0.244 e. The summed E-state index contributed by atoms with van der Waals surface area (Å²) in [5.41, 5.74) is 3.48. The SMILES string of the molecule is Cc1ccc(F)c2scnc12. The summed E-state index contributed by atoms with van der Waals surface area (Å²) >= 11 is 1.34. The third-order valence-electron chi connectivity index (χ3n) is 1.64. The van der Waals surface area contributed by atoms with Gasteiger partial charge >= 0.3 is 0 Å². The van der Waals surface area contributed by atoms with Gasteiger partial charge in [0.25, 0.3) is 0 Å². The third kappa shape index (κ3) is 0.922. The highest BCUT2D eigenvalue weighted by molar-refractivity contribution is 7.16. The van der Waals surface area contributed by atoms with Crippen LogP contribution in [0.3, 0.4) is 0 Å². The van der Waals surface area contributed by atoms with Crippen molar-refractivity contribution in [2.75, 3.05) is 0 Å². The minimum Gasteiger partial charge on any atom is -0.244 e. The fourth-order valence-electron chi connectivity index (χ4n) is 1.05. The van der Waals surface area contributed by atoms with E-state index in [4.69, 9.17) is 0 Å². The van der Waals surface area contributed by atoms with Crippen molar-refractivity contribution in [3.8, 4) is 0 Å². The van der Waals surface area contributed by atoms with Crippen LogP contribution in [0, 0.1) is 12.7 Å². The minimum atomic E-state index is -0.173. The zero-order valence-corrected chi connectivity index (χ0v) is 6.78. The van der Waals surface area contributed by atoms with Crippen LogP contribution in [0.5, 0.6) is 0 Å². The Morgan fingerprint density at radius 3 is 3.00 bits per heavy atom. The molecular weight excluding hydrogens is 161 g/mol. The maximum absolute atomic E-state index is 13.0. The molecule has 0 aliphatic heterocycles. The topological polar surface area (TPSA) is 12.9 Å². The average molecular weight is 167 g/mol. The summed E-state index contributed by atoms with van der Waals surface area (Å²) < 4.78 is 13.6. The predicted octanol–water partition coefficient (Wildman–Crippen LogP) is 2.74. The van der Waals surface area contributed by atoms with Crippen LogP contribution in [0.4, 0.5) is 4.39 Å². The van der Waals surface area contributed by atoms with Crippen LogP contribution in [0.1, 0.15) is 5.56 Å². The van der Waals surface area contributed by atoms with Crippen molar-refractivity contribution in [1.82, 2.24) is 4.98 Å². The molecule has 1 aromatic carbocycles. The molecule has 0 radical (unpaired) electrons. The maximum atomic E-state index is 13.0. The number of thiazole rings is 1. The molecule has 1 heterocycles. The highest BCUT2D eigenvalue weighted by Gasteiger charge is 2.04. The molecular formula is C8H6FNS.